The number of aryl methyl sites for hydroxylation is 2. The number of hydrogen-bond acceptors (Lipinski definition) is 4. The summed E-state index contributed by atoms with van der Waals surface area (Å²) >= 11 is 0. The van der Waals surface area contributed by atoms with Crippen LogP contribution in [0.1, 0.15) is 58.1 Å². The summed E-state index contributed by atoms with van der Waals surface area (Å²) < 4.78 is 0. The molecule has 2 rings (SSSR count). The van der Waals surface area contributed by atoms with Gasteiger partial charge in [0, 0.05) is 6.04 Å². The van der Waals surface area contributed by atoms with Crippen molar-refractivity contribution in [2.45, 2.75) is 66.3 Å². The zero-order valence-electron chi connectivity index (χ0n) is 12.8. The van der Waals surface area contributed by atoms with E-state index in [0.717, 1.165) is 23.5 Å². The molecule has 4 nitrogen and oxygen atoms in total. The maximum atomic E-state index is 4.36. The lowest BCUT2D eigenvalue weighted by molar-refractivity contribution is 0.173. The molecular weight excluding hydrogens is 236 g/mol. The maximum absolute atomic E-state index is 4.36. The first-order valence-corrected chi connectivity index (χ1v) is 7.30. The minimum Gasteiger partial charge on any atom is -0.351 e. The van der Waals surface area contributed by atoms with Gasteiger partial charge in [0.1, 0.15) is 11.6 Å². The molecule has 0 bridgehead atoms. The molecule has 1 aliphatic carbocycles. The van der Waals surface area contributed by atoms with E-state index in [1.807, 2.05) is 13.8 Å². The van der Waals surface area contributed by atoms with Crippen LogP contribution in [0.3, 0.4) is 0 Å². The Labute approximate surface area is 116 Å². The Kier molecular flexibility index (Phi) is 4.07. The number of aromatic nitrogens is 3. The predicted octanol–water partition coefficient (Wildman–Crippen LogP) is 3.51. The van der Waals surface area contributed by atoms with Crippen LogP contribution < -0.4 is 5.32 Å². The second-order valence-electron chi connectivity index (χ2n) is 6.81. The van der Waals surface area contributed by atoms with Gasteiger partial charge in [-0.05, 0) is 50.9 Å². The van der Waals surface area contributed by atoms with Gasteiger partial charge in [-0.3, -0.25) is 0 Å². The van der Waals surface area contributed by atoms with Crippen LogP contribution in [0.15, 0.2) is 0 Å². The fraction of sp³-hybridized carbons (Fsp3) is 0.800. The largest absolute Gasteiger partial charge is 0.351 e. The second kappa shape index (κ2) is 5.43. The molecule has 106 valence electrons. The van der Waals surface area contributed by atoms with E-state index in [1.165, 1.54) is 25.7 Å². The van der Waals surface area contributed by atoms with Gasteiger partial charge in [-0.1, -0.05) is 20.8 Å². The second-order valence-corrected chi connectivity index (χ2v) is 6.81. The smallest absolute Gasteiger partial charge is 0.226 e. The fourth-order valence-corrected chi connectivity index (χ4v) is 2.97. The van der Waals surface area contributed by atoms with Gasteiger partial charge < -0.3 is 5.32 Å². The summed E-state index contributed by atoms with van der Waals surface area (Å²) in [6.07, 6.45) is 5.02. The van der Waals surface area contributed by atoms with E-state index in [0.29, 0.717) is 11.5 Å². The molecule has 1 fully saturated rings. The highest BCUT2D eigenvalue weighted by molar-refractivity contribution is 5.26. The van der Waals surface area contributed by atoms with Gasteiger partial charge in [-0.15, -0.1) is 0 Å². The Bertz CT molecular complexity index is 408. The lowest BCUT2D eigenvalue weighted by Crippen LogP contribution is -2.32. The number of nitrogens with one attached hydrogen (secondary N) is 1. The minimum atomic E-state index is 0.436. The molecule has 1 saturated carbocycles. The SMILES string of the molecule is Cc1nc(C)nc(N[C@H]2CC[C@@H](C(C)(C)C)CC2)n1. The van der Waals surface area contributed by atoms with E-state index in [1.54, 1.807) is 0 Å². The molecule has 4 heteroatoms. The molecule has 0 aromatic carbocycles. The molecule has 0 unspecified atom stereocenters. The Morgan fingerprint density at radius 2 is 1.42 bits per heavy atom. The summed E-state index contributed by atoms with van der Waals surface area (Å²) in [7, 11) is 0. The zero-order chi connectivity index (χ0) is 14.0. The standard InChI is InChI=1S/C15H26N4/c1-10-16-11(2)18-14(17-10)19-13-8-6-12(7-9-13)15(3,4)5/h12-13H,6-9H2,1-5H3,(H,16,17,18,19)/t12-,13+. The molecule has 0 radical (unpaired) electrons. The van der Waals surface area contributed by atoms with Gasteiger partial charge in [0.15, 0.2) is 0 Å². The van der Waals surface area contributed by atoms with E-state index in [-0.39, 0.29) is 0 Å². The predicted molar refractivity (Wildman–Crippen MR) is 78.1 cm³/mol. The molecule has 0 aliphatic heterocycles. The van der Waals surface area contributed by atoms with Gasteiger partial charge in [-0.25, -0.2) is 4.98 Å². The van der Waals surface area contributed by atoms with Crippen LogP contribution in [0.4, 0.5) is 5.95 Å². The third-order valence-electron chi connectivity index (χ3n) is 4.14. The molecule has 1 heterocycles. The topological polar surface area (TPSA) is 50.7 Å². The molecule has 0 spiro atoms. The van der Waals surface area contributed by atoms with Crippen LogP contribution in [0, 0.1) is 25.2 Å². The van der Waals surface area contributed by atoms with Crippen molar-refractivity contribution in [3.05, 3.63) is 11.6 Å². The highest BCUT2D eigenvalue weighted by Gasteiger charge is 2.29. The molecule has 0 amide bonds. The van der Waals surface area contributed by atoms with Crippen molar-refractivity contribution in [1.82, 2.24) is 15.0 Å². The summed E-state index contributed by atoms with van der Waals surface area (Å²) in [5.41, 5.74) is 0.436. The van der Waals surface area contributed by atoms with Crippen LogP contribution in [0.2, 0.25) is 0 Å². The van der Waals surface area contributed by atoms with E-state index in [9.17, 15) is 0 Å². The van der Waals surface area contributed by atoms with Gasteiger partial charge in [0.2, 0.25) is 5.95 Å². The van der Waals surface area contributed by atoms with E-state index >= 15 is 0 Å². The van der Waals surface area contributed by atoms with Crippen LogP contribution in [-0.2, 0) is 0 Å². The third kappa shape index (κ3) is 3.88. The number of rotatable bonds is 2. The third-order valence-corrected chi connectivity index (χ3v) is 4.14. The molecule has 1 aliphatic rings. The summed E-state index contributed by atoms with van der Waals surface area (Å²) in [6, 6.07) is 0.514. The number of hydrogen-bond donors (Lipinski definition) is 1. The first-order chi connectivity index (χ1) is 8.84. The normalized spacial score (nSPS) is 24.3. The summed E-state index contributed by atoms with van der Waals surface area (Å²) in [6.45, 7) is 10.9. The summed E-state index contributed by atoms with van der Waals surface area (Å²) in [5.74, 6) is 3.16. The van der Waals surface area contributed by atoms with Crippen molar-refractivity contribution in [3.63, 3.8) is 0 Å². The van der Waals surface area contributed by atoms with Crippen molar-refractivity contribution in [2.24, 2.45) is 11.3 Å². The highest BCUT2D eigenvalue weighted by Crippen LogP contribution is 2.38. The Morgan fingerprint density at radius 3 is 1.89 bits per heavy atom. The molecule has 1 N–H and O–H groups in total. The highest BCUT2D eigenvalue weighted by atomic mass is 15.2. The Hall–Kier alpha value is -1.19. The number of anilines is 1. The first kappa shape index (κ1) is 14.2. The molecule has 1 aromatic heterocycles. The Morgan fingerprint density at radius 1 is 0.895 bits per heavy atom. The van der Waals surface area contributed by atoms with Crippen LogP contribution in [0.5, 0.6) is 0 Å². The van der Waals surface area contributed by atoms with Gasteiger partial charge in [0.05, 0.1) is 0 Å². The monoisotopic (exact) mass is 262 g/mol. The van der Waals surface area contributed by atoms with Crippen LogP contribution in [0.25, 0.3) is 0 Å². The molecule has 19 heavy (non-hydrogen) atoms. The fourth-order valence-electron chi connectivity index (χ4n) is 2.97. The minimum absolute atomic E-state index is 0.436. The van der Waals surface area contributed by atoms with Crippen molar-refractivity contribution < 1.29 is 0 Å². The lowest BCUT2D eigenvalue weighted by atomic mass is 9.71. The first-order valence-electron chi connectivity index (χ1n) is 7.30. The Balaban J connectivity index is 1.92. The molecule has 0 saturated heterocycles. The quantitative estimate of drug-likeness (QED) is 0.886. The van der Waals surface area contributed by atoms with Crippen LogP contribution in [-0.4, -0.2) is 21.0 Å². The number of nitrogens with zero attached hydrogens (tertiary/aromatic N) is 3. The van der Waals surface area contributed by atoms with Gasteiger partial charge in [0.25, 0.3) is 0 Å². The van der Waals surface area contributed by atoms with Crippen LogP contribution >= 0.6 is 0 Å². The van der Waals surface area contributed by atoms with Gasteiger partial charge >= 0.3 is 0 Å². The average Bonchev–Trinajstić information content (AvgIpc) is 2.26. The molecule has 1 aromatic rings. The van der Waals surface area contributed by atoms with Crippen molar-refractivity contribution >= 4 is 5.95 Å². The zero-order valence-corrected chi connectivity index (χ0v) is 12.8. The molecule has 0 atom stereocenters. The average molecular weight is 262 g/mol. The van der Waals surface area contributed by atoms with E-state index in [4.69, 9.17) is 0 Å². The summed E-state index contributed by atoms with van der Waals surface area (Å²) in [4.78, 5) is 12.9. The lowest BCUT2D eigenvalue weighted by Gasteiger charge is -2.37. The van der Waals surface area contributed by atoms with Crippen molar-refractivity contribution in [3.8, 4) is 0 Å². The maximum Gasteiger partial charge on any atom is 0.226 e. The molecular formula is C15H26N4. The van der Waals surface area contributed by atoms with E-state index in [2.05, 4.69) is 41.0 Å². The van der Waals surface area contributed by atoms with Crippen molar-refractivity contribution in [1.29, 1.82) is 0 Å². The van der Waals surface area contributed by atoms with E-state index < -0.39 is 0 Å². The van der Waals surface area contributed by atoms with Crippen molar-refractivity contribution in [2.75, 3.05) is 5.32 Å². The van der Waals surface area contributed by atoms with Gasteiger partial charge in [-0.2, -0.15) is 9.97 Å². The summed E-state index contributed by atoms with van der Waals surface area (Å²) in [5, 5.41) is 3.47.